The van der Waals surface area contributed by atoms with Crippen molar-refractivity contribution in [2.75, 3.05) is 27.4 Å². The van der Waals surface area contributed by atoms with E-state index in [2.05, 4.69) is 4.99 Å². The molecule has 0 saturated heterocycles. The molecule has 0 bridgehead atoms. The first kappa shape index (κ1) is 30.6. The number of fused-ring (bicyclic) bond motifs is 1. The molecule has 0 radical (unpaired) electrons. The summed E-state index contributed by atoms with van der Waals surface area (Å²) in [6.07, 6.45) is 1.78. The lowest BCUT2D eigenvalue weighted by Gasteiger charge is -2.26. The summed E-state index contributed by atoms with van der Waals surface area (Å²) in [6.45, 7) is 6.28. The number of carbonyl (C=O) groups excluding carboxylic acids is 1. The highest BCUT2D eigenvalue weighted by Gasteiger charge is 2.36. The third kappa shape index (κ3) is 6.12. The van der Waals surface area contributed by atoms with E-state index in [4.69, 9.17) is 23.7 Å². The van der Waals surface area contributed by atoms with Gasteiger partial charge in [-0.05, 0) is 56.2 Å². The quantitative estimate of drug-likeness (QED) is 0.224. The van der Waals surface area contributed by atoms with E-state index in [0.29, 0.717) is 56.8 Å². The molecule has 0 saturated carbocycles. The van der Waals surface area contributed by atoms with Crippen LogP contribution >= 0.6 is 11.3 Å². The molecule has 0 aliphatic carbocycles. The van der Waals surface area contributed by atoms with Crippen LogP contribution in [0.1, 0.15) is 43.5 Å². The molecule has 10 heteroatoms. The smallest absolute Gasteiger partial charge is 0.338 e. The minimum absolute atomic E-state index is 0.177. The van der Waals surface area contributed by atoms with Gasteiger partial charge in [0, 0.05) is 5.56 Å². The molecule has 1 atom stereocenters. The molecule has 0 N–H and O–H groups in total. The normalized spacial score (nSPS) is 14.5. The second kappa shape index (κ2) is 13.6. The van der Waals surface area contributed by atoms with Crippen LogP contribution < -0.4 is 33.8 Å². The van der Waals surface area contributed by atoms with Crippen molar-refractivity contribution in [3.8, 4) is 23.0 Å². The number of benzene rings is 3. The maximum Gasteiger partial charge on any atom is 0.338 e. The third-order valence-electron chi connectivity index (χ3n) is 7.05. The highest BCUT2D eigenvalue weighted by atomic mass is 32.1. The Bertz CT molecular complexity index is 1880. The van der Waals surface area contributed by atoms with Gasteiger partial charge >= 0.3 is 5.97 Å². The number of ether oxygens (including phenoxy) is 5. The van der Waals surface area contributed by atoms with Gasteiger partial charge in [-0.25, -0.2) is 9.79 Å². The molecular weight excluding hydrogens is 580 g/mol. The summed E-state index contributed by atoms with van der Waals surface area (Å²) >= 11 is 1.24. The summed E-state index contributed by atoms with van der Waals surface area (Å²) in [5.74, 6) is 1.52. The number of esters is 1. The zero-order valence-corrected chi connectivity index (χ0v) is 26.1. The summed E-state index contributed by atoms with van der Waals surface area (Å²) < 4.78 is 30.6. The molecule has 2 heterocycles. The highest BCUT2D eigenvalue weighted by molar-refractivity contribution is 7.07. The number of rotatable bonds is 11. The third-order valence-corrected chi connectivity index (χ3v) is 8.04. The van der Waals surface area contributed by atoms with Crippen molar-refractivity contribution in [1.82, 2.24) is 4.57 Å². The summed E-state index contributed by atoms with van der Waals surface area (Å²) in [7, 11) is 3.12. The Kier molecular flexibility index (Phi) is 9.50. The van der Waals surface area contributed by atoms with Crippen molar-refractivity contribution >= 4 is 23.4 Å². The van der Waals surface area contributed by atoms with E-state index >= 15 is 0 Å². The standard InChI is InChI=1S/C34H34N2O7S/c1-6-41-31-24(14-11-15-26(31)39-4)30-29(33(38)42-7-2)21(3)35-34-36(30)32(37)28(44-34)19-23-16-17-25(27(18-23)40-5)43-20-22-12-9-8-10-13-22/h8-19,30H,6-7,20H2,1-5H3/b28-19+/t30-/m0/s1. The fourth-order valence-corrected chi connectivity index (χ4v) is 6.12. The number of hydrogen-bond acceptors (Lipinski definition) is 9. The SMILES string of the molecule is CCOC(=O)C1=C(C)N=c2s/c(=C/c3ccc(OCc4ccccc4)c(OC)c3)c(=O)n2[C@H]1c1cccc(OC)c1OCC. The fourth-order valence-electron chi connectivity index (χ4n) is 5.07. The van der Waals surface area contributed by atoms with Crippen LogP contribution in [-0.2, 0) is 16.1 Å². The van der Waals surface area contributed by atoms with Gasteiger partial charge in [-0.15, -0.1) is 0 Å². The van der Waals surface area contributed by atoms with Gasteiger partial charge in [0.2, 0.25) is 0 Å². The predicted molar refractivity (Wildman–Crippen MR) is 168 cm³/mol. The van der Waals surface area contributed by atoms with Crippen LogP contribution in [0, 0.1) is 0 Å². The number of carbonyl (C=O) groups is 1. The molecule has 3 aromatic carbocycles. The van der Waals surface area contributed by atoms with Gasteiger partial charge < -0.3 is 23.7 Å². The van der Waals surface area contributed by atoms with E-state index < -0.39 is 12.0 Å². The highest BCUT2D eigenvalue weighted by Crippen LogP contribution is 2.40. The van der Waals surface area contributed by atoms with E-state index in [0.717, 1.165) is 11.1 Å². The van der Waals surface area contributed by atoms with E-state index in [-0.39, 0.29) is 17.7 Å². The van der Waals surface area contributed by atoms with Crippen molar-refractivity contribution in [2.24, 2.45) is 4.99 Å². The second-order valence-electron chi connectivity index (χ2n) is 9.80. The van der Waals surface area contributed by atoms with E-state index in [1.165, 1.54) is 15.9 Å². The molecule has 44 heavy (non-hydrogen) atoms. The van der Waals surface area contributed by atoms with E-state index in [9.17, 15) is 9.59 Å². The molecule has 0 amide bonds. The van der Waals surface area contributed by atoms with Gasteiger partial charge in [0.1, 0.15) is 12.6 Å². The van der Waals surface area contributed by atoms with Crippen LogP contribution in [-0.4, -0.2) is 38.0 Å². The Morgan fingerprint density at radius 3 is 2.41 bits per heavy atom. The fraction of sp³-hybridized carbons (Fsp3) is 0.265. The monoisotopic (exact) mass is 614 g/mol. The van der Waals surface area contributed by atoms with Crippen LogP contribution in [0.25, 0.3) is 6.08 Å². The van der Waals surface area contributed by atoms with Crippen molar-refractivity contribution < 1.29 is 28.5 Å². The maximum atomic E-state index is 14.1. The predicted octanol–water partition coefficient (Wildman–Crippen LogP) is 4.79. The Balaban J connectivity index is 1.61. The number of methoxy groups -OCH3 is 2. The number of nitrogens with zero attached hydrogens (tertiary/aromatic N) is 2. The number of allylic oxidation sites excluding steroid dienone is 1. The van der Waals surface area contributed by atoms with Crippen LogP contribution in [0.3, 0.4) is 0 Å². The average Bonchev–Trinajstić information content (AvgIpc) is 3.34. The molecule has 228 valence electrons. The zero-order chi connectivity index (χ0) is 31.2. The minimum Gasteiger partial charge on any atom is -0.493 e. The topological polar surface area (TPSA) is 97.6 Å². The lowest BCUT2D eigenvalue weighted by molar-refractivity contribution is -0.139. The number of para-hydroxylation sites is 1. The Labute approximate surface area is 259 Å². The first-order valence-electron chi connectivity index (χ1n) is 14.2. The molecule has 1 aliphatic heterocycles. The average molecular weight is 615 g/mol. The summed E-state index contributed by atoms with van der Waals surface area (Å²) in [5.41, 5.74) is 2.80. The van der Waals surface area contributed by atoms with Gasteiger partial charge in [0.15, 0.2) is 27.8 Å². The molecule has 0 unspecified atom stereocenters. The van der Waals surface area contributed by atoms with Crippen molar-refractivity contribution in [3.05, 3.63) is 114 Å². The first-order chi connectivity index (χ1) is 21.4. The van der Waals surface area contributed by atoms with Crippen molar-refractivity contribution in [3.63, 3.8) is 0 Å². The van der Waals surface area contributed by atoms with Crippen molar-refractivity contribution in [1.29, 1.82) is 0 Å². The number of aromatic nitrogens is 1. The summed E-state index contributed by atoms with van der Waals surface area (Å²) in [4.78, 5) is 32.6. The van der Waals surface area contributed by atoms with Gasteiger partial charge in [-0.2, -0.15) is 0 Å². The van der Waals surface area contributed by atoms with Gasteiger partial charge in [0.25, 0.3) is 5.56 Å². The molecule has 0 spiro atoms. The van der Waals surface area contributed by atoms with E-state index in [1.54, 1.807) is 46.3 Å². The maximum absolute atomic E-state index is 14.1. The molecule has 4 aromatic rings. The van der Waals surface area contributed by atoms with E-state index in [1.807, 2.05) is 61.5 Å². The van der Waals surface area contributed by atoms with Gasteiger partial charge in [0.05, 0.1) is 43.2 Å². The molecule has 1 aliphatic rings. The van der Waals surface area contributed by atoms with Gasteiger partial charge in [-0.1, -0.05) is 59.9 Å². The minimum atomic E-state index is -0.840. The number of hydrogen-bond donors (Lipinski definition) is 0. The molecule has 0 fully saturated rings. The van der Waals surface area contributed by atoms with Crippen LogP contribution in [0.15, 0.2) is 87.8 Å². The Morgan fingerprint density at radius 2 is 1.70 bits per heavy atom. The van der Waals surface area contributed by atoms with Crippen LogP contribution in [0.4, 0.5) is 0 Å². The Morgan fingerprint density at radius 1 is 0.932 bits per heavy atom. The Hall–Kier alpha value is -4.83. The summed E-state index contributed by atoms with van der Waals surface area (Å²) in [5, 5.41) is 0. The second-order valence-corrected chi connectivity index (χ2v) is 10.8. The zero-order valence-electron chi connectivity index (χ0n) is 25.3. The first-order valence-corrected chi connectivity index (χ1v) is 15.1. The van der Waals surface area contributed by atoms with Crippen LogP contribution in [0.5, 0.6) is 23.0 Å². The number of thiazole rings is 1. The lowest BCUT2D eigenvalue weighted by Crippen LogP contribution is -2.40. The molecular formula is C34H34N2O7S. The molecule has 1 aromatic heterocycles. The van der Waals surface area contributed by atoms with Crippen LogP contribution in [0.2, 0.25) is 0 Å². The molecule has 9 nitrogen and oxygen atoms in total. The van der Waals surface area contributed by atoms with Gasteiger partial charge in [-0.3, -0.25) is 9.36 Å². The largest absolute Gasteiger partial charge is 0.493 e. The molecule has 5 rings (SSSR count). The summed E-state index contributed by atoms with van der Waals surface area (Å²) in [6, 6.07) is 19.9. The lowest BCUT2D eigenvalue weighted by atomic mass is 9.94. The van der Waals surface area contributed by atoms with Crippen molar-refractivity contribution in [2.45, 2.75) is 33.4 Å².